The number of carboxylic acids is 1. The van der Waals surface area contributed by atoms with Gasteiger partial charge in [0, 0.05) is 11.5 Å². The molecule has 1 atom stereocenters. The first kappa shape index (κ1) is 14.6. The van der Waals surface area contributed by atoms with Gasteiger partial charge in [-0.1, -0.05) is 16.6 Å². The molecule has 0 aliphatic carbocycles. The van der Waals surface area contributed by atoms with Gasteiger partial charge in [0.2, 0.25) is 5.91 Å². The van der Waals surface area contributed by atoms with Gasteiger partial charge in [0.15, 0.2) is 0 Å². The predicted octanol–water partition coefficient (Wildman–Crippen LogP) is 1.83. The summed E-state index contributed by atoms with van der Waals surface area (Å²) < 4.78 is 4.79. The Balaban J connectivity index is 1.70. The lowest BCUT2D eigenvalue weighted by Crippen LogP contribution is -2.53. The molecule has 2 aliphatic heterocycles. The van der Waals surface area contributed by atoms with Crippen molar-refractivity contribution in [1.82, 2.24) is 14.5 Å². The molecule has 9 heteroatoms. The lowest BCUT2D eigenvalue weighted by Gasteiger charge is -2.43. The predicted molar refractivity (Wildman–Crippen MR) is 82.1 cm³/mol. The molecule has 2 aliphatic rings. The fraction of sp³-hybridized carbons (Fsp3) is 0.333. The van der Waals surface area contributed by atoms with Crippen molar-refractivity contribution >= 4 is 46.9 Å². The summed E-state index contributed by atoms with van der Waals surface area (Å²) in [4.78, 5) is 24.4. The normalized spacial score (nSPS) is 21.6. The Bertz CT molecular complexity index is 627. The van der Waals surface area contributed by atoms with Gasteiger partial charge in [0.25, 0.3) is 0 Å². The molecule has 0 unspecified atom stereocenters. The van der Waals surface area contributed by atoms with Crippen LogP contribution in [0.5, 0.6) is 0 Å². The van der Waals surface area contributed by atoms with E-state index in [1.165, 1.54) is 16.4 Å². The van der Waals surface area contributed by atoms with Crippen molar-refractivity contribution in [3.63, 3.8) is 0 Å². The molecule has 0 radical (unpaired) electrons. The van der Waals surface area contributed by atoms with E-state index in [1.54, 1.807) is 35.8 Å². The van der Waals surface area contributed by atoms with E-state index in [2.05, 4.69) is 9.59 Å². The Kier molecular flexibility index (Phi) is 4.32. The Hall–Kier alpha value is -1.32. The topological polar surface area (TPSA) is 83.4 Å². The number of nitrogens with zero attached hydrogens (tertiary/aromatic N) is 3. The Morgan fingerprint density at radius 2 is 2.48 bits per heavy atom. The number of allylic oxidation sites excluding steroid dienone is 1. The van der Waals surface area contributed by atoms with Crippen LogP contribution in [0, 0.1) is 0 Å². The molecule has 1 aromatic heterocycles. The SMILES string of the molecule is O=C(O)C1=C(C=CCSc2cnns2)CS[C@H]2CC(=O)N12. The average molecular weight is 341 g/mol. The second kappa shape index (κ2) is 6.20. The largest absolute Gasteiger partial charge is 0.477 e. The van der Waals surface area contributed by atoms with Gasteiger partial charge in [-0.25, -0.2) is 4.79 Å². The van der Waals surface area contributed by atoms with E-state index < -0.39 is 5.97 Å². The maximum absolute atomic E-state index is 11.6. The molecule has 1 aromatic rings. The first-order valence-electron chi connectivity index (χ1n) is 6.13. The van der Waals surface area contributed by atoms with E-state index in [0.717, 1.165) is 4.21 Å². The maximum Gasteiger partial charge on any atom is 0.352 e. The van der Waals surface area contributed by atoms with Gasteiger partial charge in [-0.2, -0.15) is 0 Å². The Morgan fingerprint density at radius 1 is 1.62 bits per heavy atom. The second-order valence-corrected chi connectivity index (χ2v) is 7.63. The minimum atomic E-state index is -1.03. The van der Waals surface area contributed by atoms with Crippen LogP contribution >= 0.6 is 35.1 Å². The zero-order valence-electron chi connectivity index (χ0n) is 10.8. The van der Waals surface area contributed by atoms with Crippen molar-refractivity contribution in [2.75, 3.05) is 11.5 Å². The molecule has 3 heterocycles. The van der Waals surface area contributed by atoms with Gasteiger partial charge >= 0.3 is 5.97 Å². The molecular weight excluding hydrogens is 330 g/mol. The highest BCUT2D eigenvalue weighted by molar-refractivity contribution is 8.01. The molecule has 6 nitrogen and oxygen atoms in total. The molecule has 21 heavy (non-hydrogen) atoms. The van der Waals surface area contributed by atoms with E-state index in [9.17, 15) is 14.7 Å². The number of aliphatic carboxylic acids is 1. The summed E-state index contributed by atoms with van der Waals surface area (Å²) in [5.74, 6) is 0.190. The molecule has 1 saturated heterocycles. The first-order chi connectivity index (χ1) is 10.2. The third kappa shape index (κ3) is 2.99. The number of carbonyl (C=O) groups excluding carboxylic acids is 1. The molecule has 1 fully saturated rings. The summed E-state index contributed by atoms with van der Waals surface area (Å²) in [5.41, 5.74) is 0.829. The molecule has 3 rings (SSSR count). The van der Waals surface area contributed by atoms with Crippen molar-refractivity contribution in [2.45, 2.75) is 16.0 Å². The minimum absolute atomic E-state index is 0.00149. The summed E-state index contributed by atoms with van der Waals surface area (Å²) in [6.45, 7) is 0. The monoisotopic (exact) mass is 341 g/mol. The van der Waals surface area contributed by atoms with Gasteiger partial charge in [-0.15, -0.1) is 28.6 Å². The summed E-state index contributed by atoms with van der Waals surface area (Å²) in [7, 11) is 0. The molecule has 0 bridgehead atoms. The molecule has 110 valence electrons. The van der Waals surface area contributed by atoms with Gasteiger partial charge in [-0.3, -0.25) is 9.69 Å². The third-order valence-corrected chi connectivity index (χ3v) is 6.09. The van der Waals surface area contributed by atoms with Gasteiger partial charge in [-0.05, 0) is 17.1 Å². The summed E-state index contributed by atoms with van der Waals surface area (Å²) >= 11 is 4.53. The third-order valence-electron chi connectivity index (χ3n) is 3.07. The van der Waals surface area contributed by atoms with Crippen molar-refractivity contribution in [1.29, 1.82) is 0 Å². The summed E-state index contributed by atoms with van der Waals surface area (Å²) in [6, 6.07) is 0. The van der Waals surface area contributed by atoms with Crippen LogP contribution in [0.3, 0.4) is 0 Å². The highest BCUT2D eigenvalue weighted by Crippen LogP contribution is 2.40. The number of rotatable bonds is 5. The molecule has 0 aromatic carbocycles. The number of hydrogen-bond acceptors (Lipinski definition) is 7. The number of thioether (sulfide) groups is 2. The molecular formula is C12H11N3O3S3. The van der Waals surface area contributed by atoms with Gasteiger partial charge in [0.1, 0.15) is 9.91 Å². The summed E-state index contributed by atoms with van der Waals surface area (Å²) in [5, 5.41) is 13.1. The zero-order chi connectivity index (χ0) is 14.8. The lowest BCUT2D eigenvalue weighted by atomic mass is 10.1. The molecule has 1 amide bonds. The van der Waals surface area contributed by atoms with Crippen LogP contribution in [0.1, 0.15) is 6.42 Å². The fourth-order valence-corrected chi connectivity index (χ4v) is 4.61. The molecule has 0 spiro atoms. The number of carbonyl (C=O) groups is 2. The number of carboxylic acid groups (broad SMARTS) is 1. The van der Waals surface area contributed by atoms with Crippen molar-refractivity contribution in [3.8, 4) is 0 Å². The van der Waals surface area contributed by atoms with Crippen LogP contribution < -0.4 is 0 Å². The minimum Gasteiger partial charge on any atom is -0.477 e. The van der Waals surface area contributed by atoms with E-state index in [1.807, 2.05) is 6.08 Å². The molecule has 1 N–H and O–H groups in total. The van der Waals surface area contributed by atoms with Crippen molar-refractivity contribution in [3.05, 3.63) is 29.6 Å². The highest BCUT2D eigenvalue weighted by Gasteiger charge is 2.44. The van der Waals surface area contributed by atoms with Gasteiger partial charge < -0.3 is 5.11 Å². The van der Waals surface area contributed by atoms with E-state index >= 15 is 0 Å². The Labute approximate surface area is 133 Å². The van der Waals surface area contributed by atoms with Crippen LogP contribution in [0.2, 0.25) is 0 Å². The van der Waals surface area contributed by atoms with E-state index in [-0.39, 0.29) is 17.0 Å². The quantitative estimate of drug-likeness (QED) is 0.646. The zero-order valence-corrected chi connectivity index (χ0v) is 13.2. The fourth-order valence-electron chi connectivity index (χ4n) is 2.11. The van der Waals surface area contributed by atoms with E-state index in [0.29, 0.717) is 23.5 Å². The number of β-lactam (4-membered cyclic amide) rings is 1. The van der Waals surface area contributed by atoms with Crippen molar-refractivity contribution < 1.29 is 14.7 Å². The number of fused-ring (bicyclic) bond motifs is 1. The highest BCUT2D eigenvalue weighted by atomic mass is 32.2. The van der Waals surface area contributed by atoms with Crippen LogP contribution in [0.25, 0.3) is 0 Å². The smallest absolute Gasteiger partial charge is 0.352 e. The number of aromatic nitrogens is 2. The van der Waals surface area contributed by atoms with Gasteiger partial charge in [0.05, 0.1) is 18.0 Å². The molecule has 0 saturated carbocycles. The van der Waals surface area contributed by atoms with E-state index in [4.69, 9.17) is 0 Å². The Morgan fingerprint density at radius 3 is 3.14 bits per heavy atom. The van der Waals surface area contributed by atoms with Crippen LogP contribution in [0.15, 0.2) is 33.8 Å². The average Bonchev–Trinajstić information content (AvgIpc) is 2.96. The van der Waals surface area contributed by atoms with Crippen molar-refractivity contribution in [2.24, 2.45) is 0 Å². The van der Waals surface area contributed by atoms with Crippen LogP contribution in [0.4, 0.5) is 0 Å². The second-order valence-electron chi connectivity index (χ2n) is 4.36. The number of hydrogen-bond donors (Lipinski definition) is 1. The van der Waals surface area contributed by atoms with Crippen LogP contribution in [-0.2, 0) is 9.59 Å². The standard InChI is InChI=1S/C12H11N3O3S3/c16-8-4-9-15(8)11(12(17)18)7(6-20-9)2-1-3-19-10-5-13-14-21-10/h1-2,5,9H,3-4,6H2,(H,17,18)/t9-/m0/s1. The lowest BCUT2D eigenvalue weighted by molar-refractivity contribution is -0.146. The summed E-state index contributed by atoms with van der Waals surface area (Å²) in [6.07, 6.45) is 5.85. The maximum atomic E-state index is 11.6. The van der Waals surface area contributed by atoms with Crippen LogP contribution in [-0.4, -0.2) is 48.3 Å². The first-order valence-corrected chi connectivity index (χ1v) is 8.94. The number of amides is 1.